The third-order valence-corrected chi connectivity index (χ3v) is 10.8. The Balaban J connectivity index is 1.28. The summed E-state index contributed by atoms with van der Waals surface area (Å²) in [6.45, 7) is 0. The van der Waals surface area contributed by atoms with Crippen molar-refractivity contribution >= 4 is 98.0 Å². The number of hydrogen-bond acceptors (Lipinski definition) is 0. The lowest BCUT2D eigenvalue weighted by atomic mass is 10.0. The molecule has 0 aliphatic carbocycles. The van der Waals surface area contributed by atoms with Crippen molar-refractivity contribution in [3.63, 3.8) is 0 Å². The quantitative estimate of drug-likeness (QED) is 0.178. The summed E-state index contributed by atoms with van der Waals surface area (Å²) in [7, 11) is 0. The van der Waals surface area contributed by atoms with Crippen LogP contribution in [0.25, 0.3) is 109 Å². The maximum absolute atomic E-state index is 9.12. The third kappa shape index (κ3) is 2.84. The highest BCUT2D eigenvalue weighted by atomic mass is 15.0. The molecule has 7 aromatic carbocycles. The van der Waals surface area contributed by atoms with Gasteiger partial charge in [-0.2, -0.15) is 0 Å². The summed E-state index contributed by atoms with van der Waals surface area (Å²) in [6, 6.07) is 24.5. The second kappa shape index (κ2) is 8.62. The number of aromatic nitrogens is 4. The standard InChI is InChI=1S/C46H26N4/c1-3-11-29(12-4-1)49-37-17-9-7-15-31(37)33-23-27-19-21-47-39-26-40-36(25-35(39)41(43(27)47)45(33)49)42-44-28(20-22-48(40)44)24-34-32-16-8-10-18-38(32)50(46(34)42)30-13-5-2-6-14-30/h1-26H/i1D,2D,3D,4D,5D,6D,11D,12D,13D,14D. The molecule has 230 valence electrons. The molecule has 13 rings (SSSR count). The van der Waals surface area contributed by atoms with E-state index in [2.05, 4.69) is 45.2 Å². The minimum absolute atomic E-state index is 0.0704. The average Bonchev–Trinajstić information content (AvgIpc) is 4.11. The Morgan fingerprint density at radius 2 is 0.840 bits per heavy atom. The van der Waals surface area contributed by atoms with Gasteiger partial charge < -0.3 is 17.9 Å². The molecule has 0 radical (unpaired) electrons. The van der Waals surface area contributed by atoms with Gasteiger partial charge in [0.05, 0.1) is 57.8 Å². The molecule has 4 heteroatoms. The van der Waals surface area contributed by atoms with Crippen LogP contribution in [-0.4, -0.2) is 17.9 Å². The molecule has 13 aromatic rings. The smallest absolute Gasteiger partial charge is 0.0645 e. The fourth-order valence-electron chi connectivity index (χ4n) is 8.97. The lowest BCUT2D eigenvalue weighted by Gasteiger charge is -2.09. The molecule has 0 atom stereocenters. The van der Waals surface area contributed by atoms with Gasteiger partial charge in [-0.15, -0.1) is 0 Å². The highest BCUT2D eigenvalue weighted by Crippen LogP contribution is 2.48. The Labute approximate surface area is 298 Å². The lowest BCUT2D eigenvalue weighted by molar-refractivity contribution is 1.19. The van der Waals surface area contributed by atoms with Crippen molar-refractivity contribution in [3.8, 4) is 11.4 Å². The van der Waals surface area contributed by atoms with Crippen LogP contribution < -0.4 is 0 Å². The zero-order valence-electron chi connectivity index (χ0n) is 36.0. The number of nitrogens with zero attached hydrogens (tertiary/aromatic N) is 4. The first-order chi connectivity index (χ1) is 29.0. The molecule has 0 aliphatic rings. The van der Waals surface area contributed by atoms with E-state index >= 15 is 0 Å². The second-order valence-electron chi connectivity index (χ2n) is 13.1. The Morgan fingerprint density at radius 3 is 1.32 bits per heavy atom. The van der Waals surface area contributed by atoms with Crippen LogP contribution in [0.15, 0.2) is 158 Å². The predicted octanol–water partition coefficient (Wildman–Crippen LogP) is 11.9. The summed E-state index contributed by atoms with van der Waals surface area (Å²) in [5.74, 6) is 0. The fraction of sp³-hybridized carbons (Fsp3) is 0. The SMILES string of the molecule is [2H]c1c([2H])c([2H])c(-n2c3ccccc3c3cc4ccn5c6cc7c(cc6c(c32)c45)c2c3c(cc4ccn7c42)c2ccccc2n3-c2c([2H])c([2H])c([2H])c([2H])c2[2H])c([2H])c1[2H]. The van der Waals surface area contributed by atoms with Crippen molar-refractivity contribution in [2.75, 3.05) is 0 Å². The molecule has 0 N–H and O–H groups in total. The van der Waals surface area contributed by atoms with Gasteiger partial charge in [-0.05, 0) is 72.7 Å². The van der Waals surface area contributed by atoms with E-state index in [1.165, 1.54) is 0 Å². The number of para-hydroxylation sites is 4. The van der Waals surface area contributed by atoms with Crippen molar-refractivity contribution in [1.82, 2.24) is 17.9 Å². The van der Waals surface area contributed by atoms with Gasteiger partial charge in [0.25, 0.3) is 0 Å². The monoisotopic (exact) mass is 644 g/mol. The van der Waals surface area contributed by atoms with Gasteiger partial charge in [-0.3, -0.25) is 0 Å². The van der Waals surface area contributed by atoms with Crippen LogP contribution in [0.2, 0.25) is 0 Å². The molecule has 0 saturated carbocycles. The normalized spacial score (nSPS) is 15.6. The van der Waals surface area contributed by atoms with Crippen LogP contribution in [0.5, 0.6) is 0 Å². The molecule has 0 saturated heterocycles. The van der Waals surface area contributed by atoms with Crippen molar-refractivity contribution in [3.05, 3.63) is 158 Å². The van der Waals surface area contributed by atoms with E-state index in [9.17, 15) is 0 Å². The van der Waals surface area contributed by atoms with Crippen LogP contribution in [0, 0.1) is 0 Å². The van der Waals surface area contributed by atoms with Crippen molar-refractivity contribution in [2.24, 2.45) is 0 Å². The Kier molecular flexibility index (Phi) is 3.12. The Morgan fingerprint density at radius 1 is 0.380 bits per heavy atom. The van der Waals surface area contributed by atoms with E-state index in [1.807, 2.05) is 70.1 Å². The summed E-state index contributed by atoms with van der Waals surface area (Å²) in [6.07, 6.45) is 4.09. The summed E-state index contributed by atoms with van der Waals surface area (Å²) in [4.78, 5) is 0. The first-order valence-electron chi connectivity index (χ1n) is 21.5. The second-order valence-corrected chi connectivity index (χ2v) is 13.1. The molecule has 0 amide bonds. The maximum Gasteiger partial charge on any atom is 0.0645 e. The number of hydrogen-bond donors (Lipinski definition) is 0. The number of rotatable bonds is 2. The molecule has 0 spiro atoms. The van der Waals surface area contributed by atoms with Crippen molar-refractivity contribution in [1.29, 1.82) is 0 Å². The summed E-state index contributed by atoms with van der Waals surface area (Å²) in [5, 5.41) is 8.99. The summed E-state index contributed by atoms with van der Waals surface area (Å²) in [5.41, 5.74) is 6.70. The van der Waals surface area contributed by atoms with Crippen LogP contribution in [-0.2, 0) is 0 Å². The van der Waals surface area contributed by atoms with Gasteiger partial charge in [-0.1, -0.05) is 72.7 Å². The van der Waals surface area contributed by atoms with E-state index in [-0.39, 0.29) is 35.5 Å². The zero-order valence-corrected chi connectivity index (χ0v) is 26.0. The first-order valence-corrected chi connectivity index (χ1v) is 16.5. The van der Waals surface area contributed by atoms with Gasteiger partial charge in [-0.25, -0.2) is 0 Å². The van der Waals surface area contributed by atoms with Crippen molar-refractivity contribution in [2.45, 2.75) is 0 Å². The van der Waals surface area contributed by atoms with Gasteiger partial charge in [0.1, 0.15) is 0 Å². The van der Waals surface area contributed by atoms with Gasteiger partial charge in [0.15, 0.2) is 0 Å². The third-order valence-electron chi connectivity index (χ3n) is 10.8. The van der Waals surface area contributed by atoms with Crippen molar-refractivity contribution < 1.29 is 13.7 Å². The Bertz CT molecular complexity index is 3810. The van der Waals surface area contributed by atoms with E-state index in [0.29, 0.717) is 11.0 Å². The molecular formula is C46H26N4. The zero-order chi connectivity index (χ0) is 40.9. The molecule has 6 heterocycles. The summed E-state index contributed by atoms with van der Waals surface area (Å²) < 4.78 is 95.8. The minimum atomic E-state index is -0.457. The van der Waals surface area contributed by atoms with Gasteiger partial charge in [0, 0.05) is 77.6 Å². The lowest BCUT2D eigenvalue weighted by Crippen LogP contribution is -1.93. The van der Waals surface area contributed by atoms with E-state index in [1.54, 1.807) is 0 Å². The Hall–Kier alpha value is -6.78. The van der Waals surface area contributed by atoms with Crippen LogP contribution in [0.1, 0.15) is 13.7 Å². The largest absolute Gasteiger partial charge is 0.315 e. The average molecular weight is 645 g/mol. The maximum atomic E-state index is 9.12. The molecule has 4 nitrogen and oxygen atoms in total. The predicted molar refractivity (Wildman–Crippen MR) is 209 cm³/mol. The van der Waals surface area contributed by atoms with Crippen LogP contribution in [0.3, 0.4) is 0 Å². The van der Waals surface area contributed by atoms with E-state index in [4.69, 9.17) is 13.7 Å². The molecule has 0 bridgehead atoms. The summed E-state index contributed by atoms with van der Waals surface area (Å²) >= 11 is 0. The van der Waals surface area contributed by atoms with Crippen LogP contribution >= 0.6 is 0 Å². The minimum Gasteiger partial charge on any atom is -0.315 e. The highest BCUT2D eigenvalue weighted by Gasteiger charge is 2.25. The highest BCUT2D eigenvalue weighted by molar-refractivity contribution is 6.34. The number of fused-ring (bicyclic) bond motifs is 14. The fourth-order valence-corrected chi connectivity index (χ4v) is 8.97. The molecule has 0 aliphatic heterocycles. The van der Waals surface area contributed by atoms with E-state index in [0.717, 1.165) is 87.0 Å². The first kappa shape index (κ1) is 18.1. The molecule has 6 aromatic heterocycles. The number of benzene rings is 7. The molecular weight excluding hydrogens is 609 g/mol. The topological polar surface area (TPSA) is 18.7 Å². The van der Waals surface area contributed by atoms with Gasteiger partial charge in [0.2, 0.25) is 0 Å². The van der Waals surface area contributed by atoms with Gasteiger partial charge >= 0.3 is 0 Å². The molecule has 0 unspecified atom stereocenters. The van der Waals surface area contributed by atoms with Crippen LogP contribution in [0.4, 0.5) is 0 Å². The van der Waals surface area contributed by atoms with E-state index < -0.39 is 36.3 Å². The molecule has 0 fully saturated rings. The molecule has 50 heavy (non-hydrogen) atoms.